The summed E-state index contributed by atoms with van der Waals surface area (Å²) in [4.78, 5) is 16.3. The van der Waals surface area contributed by atoms with E-state index in [1.807, 2.05) is 30.3 Å². The molecule has 5 heteroatoms. The van der Waals surface area contributed by atoms with Crippen molar-refractivity contribution in [2.75, 3.05) is 0 Å². The minimum atomic E-state index is -0.368. The van der Waals surface area contributed by atoms with E-state index in [4.69, 9.17) is 0 Å². The van der Waals surface area contributed by atoms with Crippen molar-refractivity contribution in [2.24, 2.45) is 0 Å². The molecule has 94 valence electrons. The Bertz CT molecular complexity index is 850. The highest BCUT2D eigenvalue weighted by molar-refractivity contribution is 5.76. The molecule has 1 N–H and O–H groups in total. The molecule has 0 aliphatic carbocycles. The van der Waals surface area contributed by atoms with Crippen LogP contribution in [0.1, 0.15) is 6.92 Å². The maximum atomic E-state index is 12.1. The summed E-state index contributed by atoms with van der Waals surface area (Å²) in [5, 5.41) is 13.6. The number of aliphatic hydroxyl groups excluding tert-OH is 1. The maximum Gasteiger partial charge on any atom is 0.285 e. The summed E-state index contributed by atoms with van der Waals surface area (Å²) in [6.45, 7) is 1.45. The zero-order valence-corrected chi connectivity index (χ0v) is 10.2. The van der Waals surface area contributed by atoms with Gasteiger partial charge in [0, 0.05) is 11.8 Å². The number of benzene rings is 1. The molecule has 0 saturated carbocycles. The Kier molecular flexibility index (Phi) is 2.52. The fourth-order valence-electron chi connectivity index (χ4n) is 1.98. The lowest BCUT2D eigenvalue weighted by molar-refractivity contribution is 0.497. The van der Waals surface area contributed by atoms with E-state index in [1.54, 1.807) is 6.20 Å². The number of nitrogens with zero attached hydrogens (tertiary/aromatic N) is 3. The molecule has 19 heavy (non-hydrogen) atoms. The highest BCUT2D eigenvalue weighted by Gasteiger charge is 2.10. The third-order valence-electron chi connectivity index (χ3n) is 2.96. The van der Waals surface area contributed by atoms with Crippen LogP contribution in [-0.4, -0.2) is 19.7 Å². The van der Waals surface area contributed by atoms with Gasteiger partial charge in [-0.05, 0) is 12.5 Å². The lowest BCUT2D eigenvalue weighted by Gasteiger charge is -1.97. The predicted molar refractivity (Wildman–Crippen MR) is 71.6 cm³/mol. The second-order valence-electron chi connectivity index (χ2n) is 4.22. The van der Waals surface area contributed by atoms with Crippen LogP contribution in [0.25, 0.3) is 22.5 Å². The van der Waals surface area contributed by atoms with E-state index in [-0.39, 0.29) is 16.5 Å². The Hall–Kier alpha value is -2.69. The highest BCUT2D eigenvalue weighted by atomic mass is 16.3. The van der Waals surface area contributed by atoms with Crippen molar-refractivity contribution in [3.63, 3.8) is 0 Å². The van der Waals surface area contributed by atoms with E-state index in [0.29, 0.717) is 5.65 Å². The Morgan fingerprint density at radius 2 is 1.95 bits per heavy atom. The number of rotatable bonds is 1. The molecule has 0 bridgehead atoms. The van der Waals surface area contributed by atoms with Gasteiger partial charge in [0.2, 0.25) is 0 Å². The van der Waals surface area contributed by atoms with Crippen molar-refractivity contribution in [2.45, 2.75) is 6.92 Å². The number of hydrogen-bond acceptors (Lipinski definition) is 4. The molecule has 1 aromatic carbocycles. The van der Waals surface area contributed by atoms with Crippen LogP contribution in [-0.2, 0) is 0 Å². The van der Waals surface area contributed by atoms with Crippen molar-refractivity contribution < 1.29 is 5.11 Å². The van der Waals surface area contributed by atoms with Crippen molar-refractivity contribution in [3.8, 4) is 11.1 Å². The Morgan fingerprint density at radius 3 is 2.63 bits per heavy atom. The summed E-state index contributed by atoms with van der Waals surface area (Å²) in [5.41, 5.74) is 1.86. The Morgan fingerprint density at radius 1 is 1.21 bits per heavy atom. The van der Waals surface area contributed by atoms with Gasteiger partial charge in [-0.2, -0.15) is 9.61 Å². The number of hydrogen-bond donors (Lipinski definition) is 1. The molecule has 0 fully saturated rings. The van der Waals surface area contributed by atoms with E-state index in [0.717, 1.165) is 11.1 Å². The third-order valence-corrected chi connectivity index (χ3v) is 2.96. The molecule has 0 radical (unpaired) electrons. The van der Waals surface area contributed by atoms with Gasteiger partial charge in [-0.1, -0.05) is 30.3 Å². The predicted octanol–water partition coefficient (Wildman–Crippen LogP) is 1.16. The second kappa shape index (κ2) is 4.20. The van der Waals surface area contributed by atoms with Crippen LogP contribution in [0.3, 0.4) is 0 Å². The highest BCUT2D eigenvalue weighted by Crippen LogP contribution is 2.21. The fraction of sp³-hybridized carbons (Fsp3) is 0.0714. The first-order valence-corrected chi connectivity index (χ1v) is 5.80. The molecule has 0 amide bonds. The SMILES string of the molecule is C/C(O)=c1\cnc2c(-c3ccccc3)cnn2c1=O. The lowest BCUT2D eigenvalue weighted by atomic mass is 10.1. The molecule has 2 aromatic heterocycles. The van der Waals surface area contributed by atoms with Crippen molar-refractivity contribution in [1.29, 1.82) is 0 Å². The van der Waals surface area contributed by atoms with Crippen LogP contribution in [0.15, 0.2) is 47.5 Å². The monoisotopic (exact) mass is 253 g/mol. The van der Waals surface area contributed by atoms with Gasteiger partial charge in [0.15, 0.2) is 5.65 Å². The molecule has 0 spiro atoms. The van der Waals surface area contributed by atoms with Gasteiger partial charge in [0.05, 0.1) is 11.4 Å². The van der Waals surface area contributed by atoms with Gasteiger partial charge in [-0.3, -0.25) is 4.79 Å². The van der Waals surface area contributed by atoms with Crippen LogP contribution in [0, 0.1) is 0 Å². The zero-order valence-electron chi connectivity index (χ0n) is 10.2. The molecule has 3 aromatic rings. The molecule has 3 rings (SSSR count). The van der Waals surface area contributed by atoms with E-state index in [9.17, 15) is 9.90 Å². The first kappa shape index (κ1) is 11.4. The van der Waals surface area contributed by atoms with Gasteiger partial charge in [-0.25, -0.2) is 4.98 Å². The zero-order chi connectivity index (χ0) is 13.4. The van der Waals surface area contributed by atoms with Crippen LogP contribution < -0.4 is 10.8 Å². The Labute approximate surface area is 108 Å². The largest absolute Gasteiger partial charge is 0.512 e. The smallest absolute Gasteiger partial charge is 0.285 e. The van der Waals surface area contributed by atoms with E-state index in [1.165, 1.54) is 17.6 Å². The summed E-state index contributed by atoms with van der Waals surface area (Å²) >= 11 is 0. The molecular weight excluding hydrogens is 242 g/mol. The van der Waals surface area contributed by atoms with Gasteiger partial charge < -0.3 is 5.11 Å². The first-order valence-electron chi connectivity index (χ1n) is 5.80. The summed E-state index contributed by atoms with van der Waals surface area (Å²) in [6.07, 6.45) is 2.98. The van der Waals surface area contributed by atoms with Gasteiger partial charge in [0.1, 0.15) is 5.76 Å². The molecule has 0 unspecified atom stereocenters. The summed E-state index contributed by atoms with van der Waals surface area (Å²) in [6, 6.07) is 9.61. The molecule has 0 aliphatic heterocycles. The minimum Gasteiger partial charge on any atom is -0.512 e. The fourth-order valence-corrected chi connectivity index (χ4v) is 1.98. The average Bonchev–Trinajstić information content (AvgIpc) is 2.84. The quantitative estimate of drug-likeness (QED) is 0.706. The normalized spacial score (nSPS) is 12.7. The van der Waals surface area contributed by atoms with Crippen molar-refractivity contribution in [1.82, 2.24) is 14.6 Å². The molecule has 0 saturated heterocycles. The Balaban J connectivity index is 2.36. The lowest BCUT2D eigenvalue weighted by Crippen LogP contribution is -2.33. The molecular formula is C14H11N3O2. The molecule has 0 atom stereocenters. The summed E-state index contributed by atoms with van der Waals surface area (Å²) < 4.78 is 1.21. The van der Waals surface area contributed by atoms with E-state index >= 15 is 0 Å². The van der Waals surface area contributed by atoms with Crippen LogP contribution >= 0.6 is 0 Å². The van der Waals surface area contributed by atoms with Crippen molar-refractivity contribution in [3.05, 3.63) is 58.3 Å². The molecule has 0 aliphatic rings. The second-order valence-corrected chi connectivity index (χ2v) is 4.22. The van der Waals surface area contributed by atoms with Gasteiger partial charge in [0.25, 0.3) is 5.56 Å². The number of aromatic nitrogens is 3. The van der Waals surface area contributed by atoms with Gasteiger partial charge >= 0.3 is 0 Å². The molecule has 5 nitrogen and oxygen atoms in total. The van der Waals surface area contributed by atoms with Crippen LogP contribution in [0.2, 0.25) is 0 Å². The number of aliphatic hydroxyl groups is 1. The van der Waals surface area contributed by atoms with Gasteiger partial charge in [-0.15, -0.1) is 0 Å². The van der Waals surface area contributed by atoms with Crippen LogP contribution in [0.4, 0.5) is 0 Å². The number of fused-ring (bicyclic) bond motifs is 1. The third kappa shape index (κ3) is 1.76. The average molecular weight is 253 g/mol. The van der Waals surface area contributed by atoms with E-state index < -0.39 is 0 Å². The van der Waals surface area contributed by atoms with Crippen molar-refractivity contribution >= 4 is 11.4 Å². The minimum absolute atomic E-state index is 0.0591. The summed E-state index contributed by atoms with van der Waals surface area (Å²) in [7, 11) is 0. The maximum absolute atomic E-state index is 12.1. The van der Waals surface area contributed by atoms with E-state index in [2.05, 4.69) is 10.1 Å². The molecule has 2 heterocycles. The standard InChI is InChI=1S/C14H11N3O2/c1-9(18)11-7-15-13-12(8-16-17(13)14(11)19)10-5-3-2-4-6-10/h2-8,18H,1H3/b11-9-. The first-order chi connectivity index (χ1) is 9.18. The topological polar surface area (TPSA) is 67.5 Å². The summed E-state index contributed by atoms with van der Waals surface area (Å²) in [5.74, 6) is -0.0591. The van der Waals surface area contributed by atoms with Crippen LogP contribution in [0.5, 0.6) is 0 Å².